The highest BCUT2D eigenvalue weighted by atomic mass is 16.5. The molecule has 0 amide bonds. The van der Waals surface area contributed by atoms with Gasteiger partial charge in [0.05, 0.1) is 12.7 Å². The molecule has 0 spiro atoms. The zero-order valence-corrected chi connectivity index (χ0v) is 9.20. The first kappa shape index (κ1) is 13.8. The first-order chi connectivity index (χ1) is 6.70. The van der Waals surface area contributed by atoms with Gasteiger partial charge in [-0.05, 0) is 25.8 Å². The van der Waals surface area contributed by atoms with Crippen LogP contribution in [0.2, 0.25) is 0 Å². The van der Waals surface area contributed by atoms with Gasteiger partial charge >= 0.3 is 0 Å². The zero-order chi connectivity index (χ0) is 10.8. The van der Waals surface area contributed by atoms with Crippen molar-refractivity contribution in [1.82, 2.24) is 5.32 Å². The SMILES string of the molecule is CCOCC(O)CNCC(C)CCO. The first-order valence-corrected chi connectivity index (χ1v) is 5.28. The molecule has 0 aromatic rings. The van der Waals surface area contributed by atoms with Crippen molar-refractivity contribution in [2.75, 3.05) is 32.9 Å². The number of ether oxygens (including phenoxy) is 1. The van der Waals surface area contributed by atoms with Crippen LogP contribution in [0.3, 0.4) is 0 Å². The van der Waals surface area contributed by atoms with E-state index in [1.54, 1.807) is 0 Å². The lowest BCUT2D eigenvalue weighted by Gasteiger charge is -2.14. The van der Waals surface area contributed by atoms with E-state index in [-0.39, 0.29) is 6.61 Å². The summed E-state index contributed by atoms with van der Waals surface area (Å²) in [6.45, 7) is 6.60. The largest absolute Gasteiger partial charge is 0.396 e. The fraction of sp³-hybridized carbons (Fsp3) is 1.00. The van der Waals surface area contributed by atoms with Crippen molar-refractivity contribution in [1.29, 1.82) is 0 Å². The predicted molar refractivity (Wildman–Crippen MR) is 56.2 cm³/mol. The van der Waals surface area contributed by atoms with Gasteiger partial charge in [-0.25, -0.2) is 0 Å². The second-order valence-electron chi connectivity index (χ2n) is 3.59. The molecule has 0 fully saturated rings. The van der Waals surface area contributed by atoms with Crippen molar-refractivity contribution in [2.24, 2.45) is 5.92 Å². The van der Waals surface area contributed by atoms with E-state index in [4.69, 9.17) is 9.84 Å². The maximum Gasteiger partial charge on any atom is 0.0897 e. The Kier molecular flexibility index (Phi) is 9.29. The van der Waals surface area contributed by atoms with Crippen LogP contribution in [0, 0.1) is 5.92 Å². The number of nitrogens with one attached hydrogen (secondary N) is 1. The highest BCUT2D eigenvalue weighted by Crippen LogP contribution is 1.97. The van der Waals surface area contributed by atoms with E-state index in [1.165, 1.54) is 0 Å². The minimum Gasteiger partial charge on any atom is -0.396 e. The molecule has 4 nitrogen and oxygen atoms in total. The van der Waals surface area contributed by atoms with Gasteiger partial charge < -0.3 is 20.3 Å². The Morgan fingerprint density at radius 2 is 2.07 bits per heavy atom. The number of hydrogen-bond acceptors (Lipinski definition) is 4. The summed E-state index contributed by atoms with van der Waals surface area (Å²) in [4.78, 5) is 0. The monoisotopic (exact) mass is 205 g/mol. The lowest BCUT2D eigenvalue weighted by molar-refractivity contribution is 0.0424. The van der Waals surface area contributed by atoms with E-state index in [1.807, 2.05) is 6.92 Å². The zero-order valence-electron chi connectivity index (χ0n) is 9.20. The molecular weight excluding hydrogens is 182 g/mol. The fourth-order valence-corrected chi connectivity index (χ4v) is 1.13. The minimum absolute atomic E-state index is 0.227. The summed E-state index contributed by atoms with van der Waals surface area (Å²) in [6.07, 6.45) is 0.366. The topological polar surface area (TPSA) is 61.7 Å². The quantitative estimate of drug-likeness (QED) is 0.495. The van der Waals surface area contributed by atoms with Crippen molar-refractivity contribution in [3.63, 3.8) is 0 Å². The Balaban J connectivity index is 3.25. The van der Waals surface area contributed by atoms with Crippen LogP contribution in [0.25, 0.3) is 0 Å². The maximum atomic E-state index is 9.39. The lowest BCUT2D eigenvalue weighted by Crippen LogP contribution is -2.33. The molecule has 0 saturated carbocycles. The van der Waals surface area contributed by atoms with E-state index in [0.717, 1.165) is 13.0 Å². The Morgan fingerprint density at radius 1 is 1.36 bits per heavy atom. The van der Waals surface area contributed by atoms with Crippen molar-refractivity contribution < 1.29 is 14.9 Å². The molecule has 4 heteroatoms. The van der Waals surface area contributed by atoms with Crippen molar-refractivity contribution >= 4 is 0 Å². The molecule has 0 heterocycles. The molecule has 2 atom stereocenters. The Labute approximate surface area is 86.3 Å². The smallest absolute Gasteiger partial charge is 0.0897 e. The molecular formula is C10H23NO3. The molecule has 0 radical (unpaired) electrons. The summed E-state index contributed by atoms with van der Waals surface area (Å²) in [7, 11) is 0. The van der Waals surface area contributed by atoms with Crippen LogP contribution in [0.4, 0.5) is 0 Å². The minimum atomic E-state index is -0.434. The van der Waals surface area contributed by atoms with Gasteiger partial charge in [0.2, 0.25) is 0 Å². The summed E-state index contributed by atoms with van der Waals surface area (Å²) in [5.41, 5.74) is 0. The van der Waals surface area contributed by atoms with Gasteiger partial charge in [-0.3, -0.25) is 0 Å². The van der Waals surface area contributed by atoms with Crippen LogP contribution < -0.4 is 5.32 Å². The molecule has 3 N–H and O–H groups in total. The Bertz CT molecular complexity index is 122. The van der Waals surface area contributed by atoms with Gasteiger partial charge in [-0.15, -0.1) is 0 Å². The summed E-state index contributed by atoms with van der Waals surface area (Å²) in [5.74, 6) is 0.444. The fourth-order valence-electron chi connectivity index (χ4n) is 1.13. The van der Waals surface area contributed by atoms with Crippen molar-refractivity contribution in [2.45, 2.75) is 26.4 Å². The standard InChI is InChI=1S/C10H23NO3/c1-3-14-8-10(13)7-11-6-9(2)4-5-12/h9-13H,3-8H2,1-2H3. The molecule has 2 unspecified atom stereocenters. The lowest BCUT2D eigenvalue weighted by atomic mass is 10.1. The predicted octanol–water partition coefficient (Wildman–Crippen LogP) is -0.00810. The van der Waals surface area contributed by atoms with E-state index in [2.05, 4.69) is 12.2 Å². The summed E-state index contributed by atoms with van der Waals surface area (Å²) >= 11 is 0. The van der Waals surface area contributed by atoms with Crippen LogP contribution in [-0.4, -0.2) is 49.2 Å². The number of aliphatic hydroxyl groups excluding tert-OH is 2. The average molecular weight is 205 g/mol. The molecule has 14 heavy (non-hydrogen) atoms. The molecule has 0 rings (SSSR count). The first-order valence-electron chi connectivity index (χ1n) is 5.28. The number of rotatable bonds is 9. The second-order valence-corrected chi connectivity index (χ2v) is 3.59. The molecule has 0 aliphatic heterocycles. The summed E-state index contributed by atoms with van der Waals surface area (Å²) in [6, 6.07) is 0. The third-order valence-corrected chi connectivity index (χ3v) is 2.01. The third-order valence-electron chi connectivity index (χ3n) is 2.01. The molecule has 0 aliphatic carbocycles. The van der Waals surface area contributed by atoms with Crippen LogP contribution in [0.15, 0.2) is 0 Å². The molecule has 0 aromatic carbocycles. The maximum absolute atomic E-state index is 9.39. The van der Waals surface area contributed by atoms with Gasteiger partial charge in [-0.2, -0.15) is 0 Å². The van der Waals surface area contributed by atoms with Crippen molar-refractivity contribution in [3.05, 3.63) is 0 Å². The average Bonchev–Trinajstić information content (AvgIpc) is 2.15. The number of aliphatic hydroxyl groups is 2. The van der Waals surface area contributed by atoms with E-state index in [0.29, 0.717) is 25.7 Å². The Morgan fingerprint density at radius 3 is 2.64 bits per heavy atom. The molecule has 0 aliphatic rings. The third kappa shape index (κ3) is 8.44. The van der Waals surface area contributed by atoms with E-state index < -0.39 is 6.10 Å². The molecule has 0 bridgehead atoms. The van der Waals surface area contributed by atoms with Gasteiger partial charge in [0.1, 0.15) is 0 Å². The van der Waals surface area contributed by atoms with Crippen LogP contribution in [0.5, 0.6) is 0 Å². The van der Waals surface area contributed by atoms with Gasteiger partial charge in [0.15, 0.2) is 0 Å². The van der Waals surface area contributed by atoms with Gasteiger partial charge in [0.25, 0.3) is 0 Å². The van der Waals surface area contributed by atoms with Gasteiger partial charge in [-0.1, -0.05) is 6.92 Å². The van der Waals surface area contributed by atoms with E-state index >= 15 is 0 Å². The van der Waals surface area contributed by atoms with Crippen LogP contribution in [0.1, 0.15) is 20.3 Å². The Hall–Kier alpha value is -0.160. The molecule has 86 valence electrons. The van der Waals surface area contributed by atoms with Crippen LogP contribution >= 0.6 is 0 Å². The molecule has 0 saturated heterocycles. The highest BCUT2D eigenvalue weighted by molar-refractivity contribution is 4.61. The highest BCUT2D eigenvalue weighted by Gasteiger charge is 2.05. The molecule has 0 aromatic heterocycles. The normalized spacial score (nSPS) is 15.4. The van der Waals surface area contributed by atoms with E-state index in [9.17, 15) is 5.11 Å². The summed E-state index contributed by atoms with van der Waals surface area (Å²) in [5, 5.41) is 21.2. The number of hydrogen-bond donors (Lipinski definition) is 3. The summed E-state index contributed by atoms with van der Waals surface area (Å²) < 4.78 is 5.07. The van der Waals surface area contributed by atoms with Crippen LogP contribution in [-0.2, 0) is 4.74 Å². The van der Waals surface area contributed by atoms with Crippen molar-refractivity contribution in [3.8, 4) is 0 Å². The van der Waals surface area contributed by atoms with Gasteiger partial charge in [0, 0.05) is 19.8 Å². The second kappa shape index (κ2) is 9.40.